The molecule has 3 rings (SSSR count). The van der Waals surface area contributed by atoms with E-state index in [2.05, 4.69) is 5.32 Å². The van der Waals surface area contributed by atoms with Crippen molar-refractivity contribution in [2.24, 2.45) is 11.8 Å². The van der Waals surface area contributed by atoms with E-state index in [0.717, 1.165) is 23.3 Å². The number of nitrogens with one attached hydrogen (secondary N) is 1. The number of nitrogens with zero attached hydrogens (tertiary/aromatic N) is 1. The average molecular weight is 393 g/mol. The van der Waals surface area contributed by atoms with Gasteiger partial charge < -0.3 is 10.1 Å². The molecule has 1 aromatic rings. The Balaban J connectivity index is 1.51. The highest BCUT2D eigenvalue weighted by Gasteiger charge is 2.48. The van der Waals surface area contributed by atoms with Gasteiger partial charge in [0.2, 0.25) is 11.8 Å². The molecule has 144 valence electrons. The van der Waals surface area contributed by atoms with Gasteiger partial charge in [-0.05, 0) is 37.5 Å². The third-order valence-electron chi connectivity index (χ3n) is 5.06. The van der Waals surface area contributed by atoms with Crippen LogP contribution in [-0.4, -0.2) is 41.7 Å². The van der Waals surface area contributed by atoms with E-state index in [-0.39, 0.29) is 23.7 Å². The van der Waals surface area contributed by atoms with E-state index in [1.807, 2.05) is 6.92 Å². The normalized spacial score (nSPS) is 21.8. The van der Waals surface area contributed by atoms with Crippen molar-refractivity contribution in [2.45, 2.75) is 32.6 Å². The largest absolute Gasteiger partial charge is 0.454 e. The number of likely N-dealkylation sites (tertiary alicyclic amines) is 1. The summed E-state index contributed by atoms with van der Waals surface area (Å²) in [7, 11) is 0. The first kappa shape index (κ1) is 19.4. The van der Waals surface area contributed by atoms with Gasteiger partial charge in [0.25, 0.3) is 5.91 Å². The van der Waals surface area contributed by atoms with E-state index in [1.54, 1.807) is 18.2 Å². The minimum absolute atomic E-state index is 0.305. The van der Waals surface area contributed by atoms with Crippen molar-refractivity contribution in [2.75, 3.05) is 18.5 Å². The summed E-state index contributed by atoms with van der Waals surface area (Å²) in [6.07, 6.45) is 3.20. The molecule has 0 aromatic heterocycles. The second kappa shape index (κ2) is 8.08. The Bertz CT molecular complexity index is 770. The van der Waals surface area contributed by atoms with Gasteiger partial charge in [-0.3, -0.25) is 24.1 Å². The summed E-state index contributed by atoms with van der Waals surface area (Å²) in [6, 6.07) is 5.06. The van der Waals surface area contributed by atoms with Crippen LogP contribution in [0.15, 0.2) is 18.2 Å². The molecule has 0 radical (unpaired) electrons. The smallest absolute Gasteiger partial charge is 0.326 e. The standard InChI is InChI=1S/C19H21ClN2O5/c1-11-6-7-12(20)8-15(11)21-16(23)10-27-17(24)9-22-18(25)13-4-2-3-5-14(13)19(22)26/h6-8,13-14H,2-5,9-10H2,1H3,(H,21,23)/t13-,14+. The minimum atomic E-state index is -0.784. The molecule has 1 aliphatic carbocycles. The quantitative estimate of drug-likeness (QED) is 0.613. The van der Waals surface area contributed by atoms with E-state index in [1.165, 1.54) is 0 Å². The summed E-state index contributed by atoms with van der Waals surface area (Å²) >= 11 is 5.90. The van der Waals surface area contributed by atoms with Crippen LogP contribution in [0.25, 0.3) is 0 Å². The van der Waals surface area contributed by atoms with Gasteiger partial charge in [0, 0.05) is 10.7 Å². The SMILES string of the molecule is Cc1ccc(Cl)cc1NC(=O)COC(=O)CN1C(=O)[C@H]2CCCC[C@H]2C1=O. The van der Waals surface area contributed by atoms with Crippen LogP contribution in [0.3, 0.4) is 0 Å². The zero-order valence-corrected chi connectivity index (χ0v) is 15.8. The lowest BCUT2D eigenvalue weighted by Crippen LogP contribution is -2.37. The Morgan fingerprint density at radius 3 is 2.44 bits per heavy atom. The maximum Gasteiger partial charge on any atom is 0.326 e. The van der Waals surface area contributed by atoms with Crippen molar-refractivity contribution < 1.29 is 23.9 Å². The number of hydrogen-bond acceptors (Lipinski definition) is 5. The van der Waals surface area contributed by atoms with Crippen LogP contribution in [0.1, 0.15) is 31.2 Å². The number of fused-ring (bicyclic) bond motifs is 1. The maximum atomic E-state index is 12.3. The number of benzene rings is 1. The highest BCUT2D eigenvalue weighted by molar-refractivity contribution is 6.31. The lowest BCUT2D eigenvalue weighted by atomic mass is 9.81. The third kappa shape index (κ3) is 4.30. The first-order chi connectivity index (χ1) is 12.9. The molecule has 3 amide bonds. The molecule has 7 nitrogen and oxygen atoms in total. The Labute approximate surface area is 162 Å². The number of amides is 3. The van der Waals surface area contributed by atoms with E-state index in [4.69, 9.17) is 16.3 Å². The summed E-state index contributed by atoms with van der Waals surface area (Å²) < 4.78 is 4.93. The van der Waals surface area contributed by atoms with Crippen LogP contribution in [0.5, 0.6) is 0 Å². The van der Waals surface area contributed by atoms with Gasteiger partial charge in [-0.15, -0.1) is 0 Å². The Hall–Kier alpha value is -2.41. The fraction of sp³-hybridized carbons (Fsp3) is 0.474. The number of anilines is 1. The van der Waals surface area contributed by atoms with Crippen LogP contribution in [-0.2, 0) is 23.9 Å². The number of carbonyl (C=O) groups excluding carboxylic acids is 4. The van der Waals surface area contributed by atoms with E-state index >= 15 is 0 Å². The molecule has 2 aliphatic rings. The topological polar surface area (TPSA) is 92.8 Å². The van der Waals surface area contributed by atoms with E-state index in [0.29, 0.717) is 23.6 Å². The van der Waals surface area contributed by atoms with Crippen molar-refractivity contribution in [3.63, 3.8) is 0 Å². The van der Waals surface area contributed by atoms with E-state index in [9.17, 15) is 19.2 Å². The van der Waals surface area contributed by atoms with Crippen LogP contribution >= 0.6 is 11.6 Å². The maximum absolute atomic E-state index is 12.3. The van der Waals surface area contributed by atoms with Gasteiger partial charge in [0.05, 0.1) is 11.8 Å². The molecule has 0 bridgehead atoms. The molecule has 1 N–H and O–H groups in total. The number of imide groups is 1. The second-order valence-corrected chi connectivity index (χ2v) is 7.36. The molecule has 0 unspecified atom stereocenters. The minimum Gasteiger partial charge on any atom is -0.454 e. The highest BCUT2D eigenvalue weighted by Crippen LogP contribution is 2.37. The van der Waals surface area contributed by atoms with E-state index < -0.39 is 25.0 Å². The zero-order valence-electron chi connectivity index (χ0n) is 15.0. The Morgan fingerprint density at radius 1 is 1.19 bits per heavy atom. The number of aryl methyl sites for hydroxylation is 1. The van der Waals surface area contributed by atoms with Crippen LogP contribution in [0, 0.1) is 18.8 Å². The Morgan fingerprint density at radius 2 is 1.81 bits per heavy atom. The first-order valence-electron chi connectivity index (χ1n) is 8.93. The number of halogens is 1. The molecular formula is C19H21ClN2O5. The molecule has 27 heavy (non-hydrogen) atoms. The summed E-state index contributed by atoms with van der Waals surface area (Å²) in [4.78, 5) is 49.6. The lowest BCUT2D eigenvalue weighted by Gasteiger charge is -2.19. The second-order valence-electron chi connectivity index (χ2n) is 6.93. The molecule has 0 spiro atoms. The lowest BCUT2D eigenvalue weighted by molar-refractivity contribution is -0.154. The molecule has 1 aliphatic heterocycles. The number of rotatable bonds is 5. The predicted octanol–water partition coefficient (Wildman–Crippen LogP) is 2.31. The van der Waals surface area contributed by atoms with Crippen molar-refractivity contribution >= 4 is 41.0 Å². The summed E-state index contributed by atoms with van der Waals surface area (Å²) in [6.45, 7) is 0.851. The highest BCUT2D eigenvalue weighted by atomic mass is 35.5. The molecule has 8 heteroatoms. The molecule has 2 atom stereocenters. The van der Waals surface area contributed by atoms with Gasteiger partial charge >= 0.3 is 5.97 Å². The van der Waals surface area contributed by atoms with Crippen LogP contribution in [0.4, 0.5) is 5.69 Å². The van der Waals surface area contributed by atoms with Crippen molar-refractivity contribution in [1.82, 2.24) is 4.90 Å². The molecule has 1 saturated carbocycles. The zero-order chi connectivity index (χ0) is 19.6. The predicted molar refractivity (Wildman–Crippen MR) is 97.9 cm³/mol. The van der Waals surface area contributed by atoms with Gasteiger partial charge in [-0.25, -0.2) is 0 Å². The number of hydrogen-bond donors (Lipinski definition) is 1. The Kier molecular flexibility index (Phi) is 5.79. The van der Waals surface area contributed by atoms with Crippen molar-refractivity contribution in [3.8, 4) is 0 Å². The van der Waals surface area contributed by atoms with Crippen molar-refractivity contribution in [3.05, 3.63) is 28.8 Å². The fourth-order valence-corrected chi connectivity index (χ4v) is 3.79. The molecule has 1 heterocycles. The average Bonchev–Trinajstić information content (AvgIpc) is 2.88. The first-order valence-corrected chi connectivity index (χ1v) is 9.31. The monoisotopic (exact) mass is 392 g/mol. The molecule has 1 saturated heterocycles. The summed E-state index contributed by atoms with van der Waals surface area (Å²) in [5.74, 6) is -2.54. The third-order valence-corrected chi connectivity index (χ3v) is 5.29. The molecule has 2 fully saturated rings. The molecule has 1 aromatic carbocycles. The number of ether oxygens (including phenoxy) is 1. The molecular weight excluding hydrogens is 372 g/mol. The summed E-state index contributed by atoms with van der Waals surface area (Å²) in [5, 5.41) is 3.08. The van der Waals surface area contributed by atoms with Crippen LogP contribution < -0.4 is 5.32 Å². The van der Waals surface area contributed by atoms with Crippen molar-refractivity contribution in [1.29, 1.82) is 0 Å². The number of carbonyl (C=O) groups is 4. The van der Waals surface area contributed by atoms with Gasteiger partial charge in [0.15, 0.2) is 6.61 Å². The fourth-order valence-electron chi connectivity index (χ4n) is 3.62. The van der Waals surface area contributed by atoms with Gasteiger partial charge in [-0.2, -0.15) is 0 Å². The summed E-state index contributed by atoms with van der Waals surface area (Å²) in [5.41, 5.74) is 1.34. The van der Waals surface area contributed by atoms with Crippen LogP contribution in [0.2, 0.25) is 5.02 Å². The van der Waals surface area contributed by atoms with Gasteiger partial charge in [-0.1, -0.05) is 30.5 Å². The van der Waals surface area contributed by atoms with Gasteiger partial charge in [0.1, 0.15) is 6.54 Å². The number of esters is 1.